The lowest BCUT2D eigenvalue weighted by Crippen LogP contribution is -2.42. The largest absolute Gasteiger partial charge is 0.459 e. The van der Waals surface area contributed by atoms with E-state index in [4.69, 9.17) is 4.42 Å². The Morgan fingerprint density at radius 1 is 1.07 bits per heavy atom. The maximum Gasteiger partial charge on any atom is 0.305 e. The van der Waals surface area contributed by atoms with Gasteiger partial charge in [-0.3, -0.25) is 20.4 Å². The van der Waals surface area contributed by atoms with Crippen LogP contribution in [-0.4, -0.2) is 27.8 Å². The van der Waals surface area contributed by atoms with Crippen molar-refractivity contribution in [2.75, 3.05) is 11.1 Å². The summed E-state index contributed by atoms with van der Waals surface area (Å²) < 4.78 is 5.61. The molecule has 0 unspecified atom stereocenters. The molecule has 0 saturated carbocycles. The number of hydrogen-bond acceptors (Lipinski definition) is 8. The number of hydrogen-bond donors (Lipinski definition) is 3. The summed E-state index contributed by atoms with van der Waals surface area (Å²) in [4.78, 5) is 23.6. The smallest absolute Gasteiger partial charge is 0.305 e. The molecule has 29 heavy (non-hydrogen) atoms. The maximum atomic E-state index is 11.9. The number of rotatable bonds is 8. The zero-order valence-electron chi connectivity index (χ0n) is 16.0. The summed E-state index contributed by atoms with van der Waals surface area (Å²) in [5.74, 6) is -0.656. The van der Waals surface area contributed by atoms with Crippen molar-refractivity contribution in [3.8, 4) is 0 Å². The van der Waals surface area contributed by atoms with Gasteiger partial charge in [-0.25, -0.2) is 0 Å². The number of carbonyl (C=O) groups excluding carboxylic acids is 2. The molecular weight excluding hydrogens is 410 g/mol. The molecule has 0 radical (unpaired) electrons. The van der Waals surface area contributed by atoms with Gasteiger partial charge in [0, 0.05) is 5.69 Å². The van der Waals surface area contributed by atoms with E-state index in [1.807, 2.05) is 0 Å². The molecule has 0 saturated heterocycles. The highest BCUT2D eigenvalue weighted by Crippen LogP contribution is 2.31. The highest BCUT2D eigenvalue weighted by atomic mass is 32.2. The van der Waals surface area contributed by atoms with Crippen molar-refractivity contribution >= 4 is 45.7 Å². The van der Waals surface area contributed by atoms with E-state index in [9.17, 15) is 9.59 Å². The second-order valence-corrected chi connectivity index (χ2v) is 8.12. The molecule has 0 aliphatic rings. The molecule has 2 heterocycles. The van der Waals surface area contributed by atoms with Gasteiger partial charge < -0.3 is 9.73 Å². The van der Waals surface area contributed by atoms with Gasteiger partial charge in [0.1, 0.15) is 0 Å². The minimum atomic E-state index is -0.517. The fourth-order valence-electron chi connectivity index (χ4n) is 2.59. The van der Waals surface area contributed by atoms with E-state index in [2.05, 4.69) is 58.4 Å². The number of thioether (sulfide) groups is 1. The number of aromatic nitrogens is 2. The number of para-hydroxylation sites is 1. The van der Waals surface area contributed by atoms with Gasteiger partial charge in [-0.2, -0.15) is 0 Å². The first-order valence-corrected chi connectivity index (χ1v) is 10.9. The third kappa shape index (κ3) is 5.58. The highest BCUT2D eigenvalue weighted by molar-refractivity contribution is 8.01. The SMILES string of the molecule is CCc1cccc(CC)c1Nc1nnc(SCC(=O)NNC(=O)c2ccco2)s1. The first-order valence-electron chi connectivity index (χ1n) is 9.07. The summed E-state index contributed by atoms with van der Waals surface area (Å²) in [5, 5.41) is 12.3. The van der Waals surface area contributed by atoms with Crippen molar-refractivity contribution in [3.05, 3.63) is 53.5 Å². The number of benzene rings is 1. The molecule has 0 bridgehead atoms. The zero-order valence-corrected chi connectivity index (χ0v) is 17.7. The molecule has 3 aromatic rings. The second kappa shape index (κ2) is 10.1. The number of aryl methyl sites for hydroxylation is 2. The number of carbonyl (C=O) groups is 2. The van der Waals surface area contributed by atoms with Crippen LogP contribution in [0.2, 0.25) is 0 Å². The topological polar surface area (TPSA) is 109 Å². The molecule has 0 fully saturated rings. The van der Waals surface area contributed by atoms with E-state index in [0.29, 0.717) is 9.47 Å². The predicted octanol–water partition coefficient (Wildman–Crippen LogP) is 3.55. The van der Waals surface area contributed by atoms with Crippen molar-refractivity contribution in [3.63, 3.8) is 0 Å². The lowest BCUT2D eigenvalue weighted by Gasteiger charge is -2.13. The van der Waals surface area contributed by atoms with Crippen LogP contribution in [0.3, 0.4) is 0 Å². The Morgan fingerprint density at radius 2 is 1.83 bits per heavy atom. The fraction of sp³-hybridized carbons (Fsp3) is 0.263. The molecule has 3 rings (SSSR count). The van der Waals surface area contributed by atoms with Gasteiger partial charge in [-0.05, 0) is 36.1 Å². The molecule has 152 valence electrons. The third-order valence-electron chi connectivity index (χ3n) is 4.02. The number of amides is 2. The van der Waals surface area contributed by atoms with E-state index < -0.39 is 5.91 Å². The molecule has 0 spiro atoms. The Labute approximate surface area is 176 Å². The molecular formula is C19H21N5O3S2. The van der Waals surface area contributed by atoms with Crippen LogP contribution in [0.25, 0.3) is 0 Å². The molecule has 8 nitrogen and oxygen atoms in total. The summed E-state index contributed by atoms with van der Waals surface area (Å²) in [6.07, 6.45) is 3.22. The molecule has 0 aliphatic heterocycles. The van der Waals surface area contributed by atoms with E-state index in [-0.39, 0.29) is 17.4 Å². The number of anilines is 2. The lowest BCUT2D eigenvalue weighted by atomic mass is 10.0. The number of nitrogens with zero attached hydrogens (tertiary/aromatic N) is 2. The average molecular weight is 432 g/mol. The zero-order chi connectivity index (χ0) is 20.6. The van der Waals surface area contributed by atoms with Gasteiger partial charge in [0.05, 0.1) is 12.0 Å². The monoisotopic (exact) mass is 431 g/mol. The van der Waals surface area contributed by atoms with Crippen LogP contribution in [0, 0.1) is 0 Å². The molecule has 10 heteroatoms. The van der Waals surface area contributed by atoms with Gasteiger partial charge in [-0.15, -0.1) is 10.2 Å². The molecule has 2 amide bonds. The first-order chi connectivity index (χ1) is 14.1. The van der Waals surface area contributed by atoms with Crippen LogP contribution in [0.5, 0.6) is 0 Å². The van der Waals surface area contributed by atoms with Crippen molar-refractivity contribution < 1.29 is 14.0 Å². The van der Waals surface area contributed by atoms with Gasteiger partial charge in [0.25, 0.3) is 0 Å². The summed E-state index contributed by atoms with van der Waals surface area (Å²) in [6, 6.07) is 9.36. The minimum Gasteiger partial charge on any atom is -0.459 e. The van der Waals surface area contributed by atoms with Crippen LogP contribution in [0.15, 0.2) is 45.4 Å². The average Bonchev–Trinajstić information content (AvgIpc) is 3.43. The summed E-state index contributed by atoms with van der Waals surface area (Å²) in [7, 11) is 0. The molecule has 1 aromatic carbocycles. The standard InChI is InChI=1S/C19H21N5O3S2/c1-3-12-7-5-8-13(4-2)16(12)20-18-23-24-19(29-18)28-11-15(25)21-22-17(26)14-9-6-10-27-14/h5-10H,3-4,11H2,1-2H3,(H,20,23)(H,21,25)(H,22,26). The Kier molecular flexibility index (Phi) is 7.25. The van der Waals surface area contributed by atoms with Crippen LogP contribution in [0.4, 0.5) is 10.8 Å². The number of nitrogens with one attached hydrogen (secondary N) is 3. The number of hydrazine groups is 1. The van der Waals surface area contributed by atoms with Crippen molar-refractivity contribution in [1.29, 1.82) is 0 Å². The predicted molar refractivity (Wildman–Crippen MR) is 113 cm³/mol. The Bertz CT molecular complexity index is 950. The first kappa shape index (κ1) is 20.9. The van der Waals surface area contributed by atoms with Crippen LogP contribution in [-0.2, 0) is 17.6 Å². The molecule has 0 aliphatic carbocycles. The fourth-order valence-corrected chi connectivity index (χ4v) is 4.14. The van der Waals surface area contributed by atoms with E-state index in [1.165, 1.54) is 46.6 Å². The quantitative estimate of drug-likeness (QED) is 0.370. The van der Waals surface area contributed by atoms with Crippen molar-refractivity contribution in [2.24, 2.45) is 0 Å². The summed E-state index contributed by atoms with van der Waals surface area (Å²) >= 11 is 2.62. The Balaban J connectivity index is 1.52. The summed E-state index contributed by atoms with van der Waals surface area (Å²) in [6.45, 7) is 4.23. The van der Waals surface area contributed by atoms with Gasteiger partial charge >= 0.3 is 5.91 Å². The van der Waals surface area contributed by atoms with Gasteiger partial charge in [-0.1, -0.05) is 55.1 Å². The Hall–Kier alpha value is -2.85. The van der Waals surface area contributed by atoms with Crippen LogP contribution < -0.4 is 16.2 Å². The van der Waals surface area contributed by atoms with Gasteiger partial charge in [0.2, 0.25) is 11.0 Å². The molecule has 3 N–H and O–H groups in total. The van der Waals surface area contributed by atoms with Crippen LogP contribution >= 0.6 is 23.1 Å². The van der Waals surface area contributed by atoms with Gasteiger partial charge in [0.15, 0.2) is 10.1 Å². The lowest BCUT2D eigenvalue weighted by molar-refractivity contribution is -0.119. The number of furan rings is 1. The van der Waals surface area contributed by atoms with E-state index >= 15 is 0 Å². The third-order valence-corrected chi connectivity index (χ3v) is 6.00. The Morgan fingerprint density at radius 3 is 2.48 bits per heavy atom. The normalized spacial score (nSPS) is 10.6. The second-order valence-electron chi connectivity index (χ2n) is 5.92. The van der Waals surface area contributed by atoms with E-state index in [0.717, 1.165) is 18.5 Å². The minimum absolute atomic E-state index is 0.0961. The summed E-state index contributed by atoms with van der Waals surface area (Å²) in [5.41, 5.74) is 8.15. The van der Waals surface area contributed by atoms with Crippen molar-refractivity contribution in [2.45, 2.75) is 31.0 Å². The molecule has 2 aromatic heterocycles. The van der Waals surface area contributed by atoms with Crippen molar-refractivity contribution in [1.82, 2.24) is 21.0 Å². The maximum absolute atomic E-state index is 11.9. The highest BCUT2D eigenvalue weighted by Gasteiger charge is 2.13. The van der Waals surface area contributed by atoms with Crippen LogP contribution in [0.1, 0.15) is 35.5 Å². The molecule has 0 atom stereocenters. The van der Waals surface area contributed by atoms with E-state index in [1.54, 1.807) is 6.07 Å².